The molecule has 0 unspecified atom stereocenters. The minimum absolute atomic E-state index is 0.204. The minimum atomic E-state index is -0.522. The number of amides is 1. The summed E-state index contributed by atoms with van der Waals surface area (Å²) in [5.41, 5.74) is 5.01. The van der Waals surface area contributed by atoms with Crippen LogP contribution in [0.5, 0.6) is 0 Å². The maximum absolute atomic E-state index is 14.8. The summed E-state index contributed by atoms with van der Waals surface area (Å²) in [6, 6.07) is 12.4. The Morgan fingerprint density at radius 2 is 1.93 bits per heavy atom. The lowest BCUT2D eigenvalue weighted by Crippen LogP contribution is -2.57. The Bertz CT molecular complexity index is 1470. The molecule has 0 radical (unpaired) electrons. The number of carbonyl (C=O) groups is 1. The number of aryl methyl sites for hydroxylation is 1. The van der Waals surface area contributed by atoms with Gasteiger partial charge in [-0.1, -0.05) is 44.2 Å². The van der Waals surface area contributed by atoms with E-state index in [1.165, 1.54) is 12.3 Å². The zero-order valence-corrected chi connectivity index (χ0v) is 27.3. The average molecular weight is 600 g/mol. The fraction of sp³-hybridized carbons (Fsp3) is 0.444. The molecule has 1 aromatic carbocycles. The molecule has 1 aliphatic carbocycles. The highest BCUT2D eigenvalue weighted by Gasteiger charge is 2.54. The Morgan fingerprint density at radius 1 is 1.23 bits per heavy atom. The van der Waals surface area contributed by atoms with Gasteiger partial charge in [-0.05, 0) is 84.6 Å². The molecule has 8 heteroatoms. The molecule has 44 heavy (non-hydrogen) atoms. The lowest BCUT2D eigenvalue weighted by molar-refractivity contribution is -0.00281. The van der Waals surface area contributed by atoms with Crippen molar-refractivity contribution in [2.75, 3.05) is 19.6 Å². The Hall–Kier alpha value is -4.25. The van der Waals surface area contributed by atoms with Gasteiger partial charge in [-0.15, -0.1) is 0 Å². The third kappa shape index (κ3) is 8.66. The Balaban J connectivity index is 0.000000404. The van der Waals surface area contributed by atoms with Gasteiger partial charge in [0.05, 0.1) is 17.2 Å². The number of nitriles is 1. The zero-order valence-electron chi connectivity index (χ0n) is 27.3. The number of allylic oxidation sites excluding steroid dienone is 4. The van der Waals surface area contributed by atoms with Crippen LogP contribution in [0.15, 0.2) is 77.7 Å². The van der Waals surface area contributed by atoms with Crippen LogP contribution in [-0.4, -0.2) is 57.4 Å². The van der Waals surface area contributed by atoms with Crippen molar-refractivity contribution >= 4 is 17.4 Å². The minimum Gasteiger partial charge on any atom is -0.444 e. The number of benzene rings is 1. The molecule has 2 heterocycles. The van der Waals surface area contributed by atoms with Gasteiger partial charge in [-0.25, -0.2) is 9.18 Å². The van der Waals surface area contributed by atoms with E-state index in [4.69, 9.17) is 10.00 Å². The highest BCUT2D eigenvalue weighted by atomic mass is 19.1. The van der Waals surface area contributed by atoms with Crippen molar-refractivity contribution in [3.8, 4) is 6.07 Å². The number of nitrogens with zero attached hydrogens (tertiary/aromatic N) is 5. The monoisotopic (exact) mass is 599 g/mol. The van der Waals surface area contributed by atoms with E-state index in [0.717, 1.165) is 60.5 Å². The number of halogens is 1. The summed E-state index contributed by atoms with van der Waals surface area (Å²) < 4.78 is 20.4. The fourth-order valence-electron chi connectivity index (χ4n) is 5.50. The van der Waals surface area contributed by atoms with Gasteiger partial charge in [0, 0.05) is 60.3 Å². The van der Waals surface area contributed by atoms with Gasteiger partial charge in [0.25, 0.3) is 0 Å². The largest absolute Gasteiger partial charge is 0.444 e. The SMILES string of the molecule is C=CN=C(C)C(/C(=C\C)c1ccccc1F)=C(\C)N1CCN(C(=O)OC(C)(C)C)C2(CC2)C1.CCCc1cc(C#N)ccn1. The van der Waals surface area contributed by atoms with E-state index < -0.39 is 5.60 Å². The Labute approximate surface area is 262 Å². The first-order valence-electron chi connectivity index (χ1n) is 15.3. The molecular weight excluding hydrogens is 553 g/mol. The van der Waals surface area contributed by atoms with Crippen LogP contribution in [0.25, 0.3) is 5.57 Å². The molecule has 2 aromatic rings. The summed E-state index contributed by atoms with van der Waals surface area (Å²) in [5.74, 6) is -0.268. The Morgan fingerprint density at radius 3 is 2.50 bits per heavy atom. The van der Waals surface area contributed by atoms with Crippen LogP contribution in [0.2, 0.25) is 0 Å². The predicted octanol–water partition coefficient (Wildman–Crippen LogP) is 8.10. The number of aromatic nitrogens is 1. The second-order valence-corrected chi connectivity index (χ2v) is 12.2. The summed E-state index contributed by atoms with van der Waals surface area (Å²) in [7, 11) is 0. The quantitative estimate of drug-likeness (QED) is 0.237. The van der Waals surface area contributed by atoms with Crippen LogP contribution in [0.3, 0.4) is 0 Å². The topological polar surface area (TPSA) is 81.8 Å². The molecule has 0 bridgehead atoms. The maximum atomic E-state index is 14.8. The average Bonchev–Trinajstić information content (AvgIpc) is 3.74. The first-order chi connectivity index (χ1) is 20.9. The number of rotatable bonds is 7. The highest BCUT2D eigenvalue weighted by Crippen LogP contribution is 2.46. The van der Waals surface area contributed by atoms with E-state index in [1.807, 2.05) is 57.7 Å². The number of pyridine rings is 1. The van der Waals surface area contributed by atoms with Crippen LogP contribution in [0.4, 0.5) is 9.18 Å². The van der Waals surface area contributed by atoms with Crippen LogP contribution >= 0.6 is 0 Å². The number of aliphatic imine (C=N–C) groups is 1. The first-order valence-corrected chi connectivity index (χ1v) is 15.3. The number of hydrogen-bond acceptors (Lipinski definition) is 6. The number of ether oxygens (including phenoxy) is 1. The molecule has 234 valence electrons. The van der Waals surface area contributed by atoms with E-state index in [9.17, 15) is 9.18 Å². The molecule has 1 aromatic heterocycles. The van der Waals surface area contributed by atoms with Gasteiger partial charge in [-0.2, -0.15) is 5.26 Å². The third-order valence-corrected chi connectivity index (χ3v) is 7.75. The fourth-order valence-corrected chi connectivity index (χ4v) is 5.50. The van der Waals surface area contributed by atoms with Crippen molar-refractivity contribution < 1.29 is 13.9 Å². The van der Waals surface area contributed by atoms with Crippen molar-refractivity contribution in [2.45, 2.75) is 85.3 Å². The van der Waals surface area contributed by atoms with Gasteiger partial charge in [0.15, 0.2) is 0 Å². The smallest absolute Gasteiger partial charge is 0.410 e. The summed E-state index contributed by atoms with van der Waals surface area (Å²) in [6.45, 7) is 19.4. The lowest BCUT2D eigenvalue weighted by Gasteiger charge is -2.44. The second kappa shape index (κ2) is 15.0. The van der Waals surface area contributed by atoms with Crippen molar-refractivity contribution in [3.05, 3.63) is 95.4 Å². The molecule has 4 rings (SSSR count). The molecule has 0 atom stereocenters. The summed E-state index contributed by atoms with van der Waals surface area (Å²) in [6.07, 6.45) is 8.82. The molecule has 1 saturated heterocycles. The summed E-state index contributed by atoms with van der Waals surface area (Å²) >= 11 is 0. The zero-order chi connectivity index (χ0) is 32.5. The van der Waals surface area contributed by atoms with Crippen molar-refractivity contribution in [3.63, 3.8) is 0 Å². The third-order valence-electron chi connectivity index (χ3n) is 7.75. The standard InChI is InChI=1S/C27H36FN3O2.C9H10N2/c1-8-21(22-12-10-11-13-23(22)28)24(19(3)29-9-2)20(4)30-16-17-31(27(18-30)14-15-27)25(32)33-26(5,6)7;1-2-3-9-6-8(7-10)4-5-11-9/h8-13H,2,14-18H2,1,3-7H3;4-6H,2-3H2,1H3/b21-8-,24-20-,29-19?;. The highest BCUT2D eigenvalue weighted by molar-refractivity contribution is 6.12. The number of piperazine rings is 1. The van der Waals surface area contributed by atoms with E-state index >= 15 is 0 Å². The molecule has 1 aliphatic heterocycles. The van der Waals surface area contributed by atoms with Crippen molar-refractivity contribution in [2.24, 2.45) is 4.99 Å². The molecular formula is C36H46FN5O2. The second-order valence-electron chi connectivity index (χ2n) is 12.2. The maximum Gasteiger partial charge on any atom is 0.410 e. The van der Waals surface area contributed by atoms with E-state index in [2.05, 4.69) is 41.4 Å². The van der Waals surface area contributed by atoms with Gasteiger partial charge < -0.3 is 9.64 Å². The molecule has 2 fully saturated rings. The molecule has 7 nitrogen and oxygen atoms in total. The first kappa shape index (κ1) is 34.2. The molecule has 2 aliphatic rings. The predicted molar refractivity (Wildman–Crippen MR) is 175 cm³/mol. The van der Waals surface area contributed by atoms with Gasteiger partial charge in [-0.3, -0.25) is 14.9 Å². The normalized spacial score (nSPS) is 16.8. The number of hydrogen-bond donors (Lipinski definition) is 0. The van der Waals surface area contributed by atoms with Crippen molar-refractivity contribution in [1.82, 2.24) is 14.8 Å². The lowest BCUT2D eigenvalue weighted by atomic mass is 9.92. The van der Waals surface area contributed by atoms with Gasteiger partial charge in [0.1, 0.15) is 11.4 Å². The van der Waals surface area contributed by atoms with E-state index in [1.54, 1.807) is 24.4 Å². The van der Waals surface area contributed by atoms with E-state index in [-0.39, 0.29) is 17.4 Å². The summed E-state index contributed by atoms with van der Waals surface area (Å²) in [4.78, 5) is 25.6. The van der Waals surface area contributed by atoms with Crippen LogP contribution < -0.4 is 0 Å². The molecule has 1 amide bonds. The van der Waals surface area contributed by atoms with Gasteiger partial charge in [0.2, 0.25) is 0 Å². The summed E-state index contributed by atoms with van der Waals surface area (Å²) in [5, 5.41) is 8.55. The molecule has 1 spiro atoms. The van der Waals surface area contributed by atoms with Gasteiger partial charge >= 0.3 is 6.09 Å². The molecule has 0 N–H and O–H groups in total. The Kier molecular flexibility index (Phi) is 11.6. The van der Waals surface area contributed by atoms with Crippen molar-refractivity contribution in [1.29, 1.82) is 5.26 Å². The van der Waals surface area contributed by atoms with Crippen LogP contribution in [-0.2, 0) is 11.2 Å². The van der Waals surface area contributed by atoms with Crippen LogP contribution in [0.1, 0.15) is 84.5 Å². The van der Waals surface area contributed by atoms with Crippen LogP contribution in [0, 0.1) is 17.1 Å². The van der Waals surface area contributed by atoms with E-state index in [0.29, 0.717) is 24.2 Å². The number of carbonyl (C=O) groups excluding carboxylic acids is 1. The molecule has 1 saturated carbocycles.